The van der Waals surface area contributed by atoms with Gasteiger partial charge in [-0.25, -0.2) is 0 Å². The SMILES string of the molecule is CBN1CCC(CC)CC1. The highest BCUT2D eigenvalue weighted by Gasteiger charge is 2.15. The summed E-state index contributed by atoms with van der Waals surface area (Å²) in [4.78, 5) is 2.55. The Hall–Kier alpha value is 0.0249. The van der Waals surface area contributed by atoms with Crippen LogP contribution in [-0.2, 0) is 0 Å². The molecule has 0 aromatic rings. The standard InChI is InChI=1S/C8H18BN/c1-3-8-4-6-10(9-2)7-5-8/h8-9H,3-7H2,1-2H3. The minimum atomic E-state index is 1.03. The molecule has 0 unspecified atom stereocenters. The summed E-state index contributed by atoms with van der Waals surface area (Å²) in [5, 5.41) is 0. The van der Waals surface area contributed by atoms with E-state index in [4.69, 9.17) is 0 Å². The number of piperidine rings is 1. The van der Waals surface area contributed by atoms with E-state index in [1.165, 1.54) is 39.8 Å². The third-order valence-corrected chi connectivity index (χ3v) is 2.73. The Kier molecular flexibility index (Phi) is 3.27. The minimum absolute atomic E-state index is 1.03. The van der Waals surface area contributed by atoms with Crippen LogP contribution in [0.2, 0.25) is 6.82 Å². The summed E-state index contributed by atoms with van der Waals surface area (Å²) < 4.78 is 0. The third-order valence-electron chi connectivity index (χ3n) is 2.73. The number of rotatable bonds is 2. The van der Waals surface area contributed by atoms with Gasteiger partial charge in [0.05, 0.1) is 0 Å². The van der Waals surface area contributed by atoms with Crippen molar-refractivity contribution in [2.45, 2.75) is 33.0 Å². The van der Waals surface area contributed by atoms with Gasteiger partial charge in [-0.2, -0.15) is 0 Å². The van der Waals surface area contributed by atoms with Crippen LogP contribution in [-0.4, -0.2) is 25.3 Å². The third kappa shape index (κ3) is 2.01. The topological polar surface area (TPSA) is 3.24 Å². The van der Waals surface area contributed by atoms with Gasteiger partial charge in [-0.1, -0.05) is 20.2 Å². The maximum atomic E-state index is 2.55. The summed E-state index contributed by atoms with van der Waals surface area (Å²) in [5.41, 5.74) is 0. The van der Waals surface area contributed by atoms with Crippen molar-refractivity contribution >= 4 is 7.41 Å². The van der Waals surface area contributed by atoms with Crippen molar-refractivity contribution in [3.05, 3.63) is 0 Å². The lowest BCUT2D eigenvalue weighted by molar-refractivity contribution is 0.274. The molecule has 0 spiro atoms. The molecule has 1 nitrogen and oxygen atoms in total. The van der Waals surface area contributed by atoms with Gasteiger partial charge in [-0.05, 0) is 31.8 Å². The Morgan fingerprint density at radius 3 is 2.40 bits per heavy atom. The summed E-state index contributed by atoms with van der Waals surface area (Å²) in [6.07, 6.45) is 4.26. The molecule has 10 heavy (non-hydrogen) atoms. The molecule has 1 aliphatic rings. The average molecular weight is 139 g/mol. The van der Waals surface area contributed by atoms with Gasteiger partial charge >= 0.3 is 0 Å². The van der Waals surface area contributed by atoms with E-state index in [-0.39, 0.29) is 0 Å². The van der Waals surface area contributed by atoms with Gasteiger partial charge in [0.1, 0.15) is 0 Å². The molecule has 1 rings (SSSR count). The van der Waals surface area contributed by atoms with Crippen LogP contribution in [0.3, 0.4) is 0 Å². The molecular formula is C8H18BN. The highest BCUT2D eigenvalue weighted by molar-refractivity contribution is 6.29. The van der Waals surface area contributed by atoms with E-state index in [1.54, 1.807) is 0 Å². The van der Waals surface area contributed by atoms with Crippen molar-refractivity contribution in [2.75, 3.05) is 13.1 Å². The van der Waals surface area contributed by atoms with Crippen LogP contribution in [0.25, 0.3) is 0 Å². The first kappa shape index (κ1) is 8.12. The molecule has 0 radical (unpaired) electrons. The molecule has 0 atom stereocenters. The Labute approximate surface area is 65.1 Å². The molecule has 1 heterocycles. The van der Waals surface area contributed by atoms with E-state index in [2.05, 4.69) is 18.6 Å². The lowest BCUT2D eigenvalue weighted by Gasteiger charge is -2.30. The number of nitrogens with zero attached hydrogens (tertiary/aromatic N) is 1. The quantitative estimate of drug-likeness (QED) is 0.524. The van der Waals surface area contributed by atoms with Gasteiger partial charge in [-0.15, -0.1) is 0 Å². The molecule has 1 fully saturated rings. The largest absolute Gasteiger partial charge is 0.345 e. The molecule has 0 saturated carbocycles. The summed E-state index contributed by atoms with van der Waals surface area (Å²) in [5.74, 6) is 1.03. The maximum absolute atomic E-state index is 2.55. The minimum Gasteiger partial charge on any atom is -0.345 e. The second-order valence-corrected chi connectivity index (χ2v) is 3.29. The Morgan fingerprint density at radius 2 is 2.00 bits per heavy atom. The van der Waals surface area contributed by atoms with Crippen molar-refractivity contribution in [3.8, 4) is 0 Å². The molecule has 0 aromatic carbocycles. The van der Waals surface area contributed by atoms with Crippen LogP contribution < -0.4 is 0 Å². The van der Waals surface area contributed by atoms with Crippen LogP contribution in [0.5, 0.6) is 0 Å². The van der Waals surface area contributed by atoms with Crippen LogP contribution in [0.1, 0.15) is 26.2 Å². The summed E-state index contributed by atoms with van der Waals surface area (Å²) >= 11 is 0. The first-order valence-electron chi connectivity index (χ1n) is 4.59. The normalized spacial score (nSPS) is 23.0. The molecule has 1 saturated heterocycles. The van der Waals surface area contributed by atoms with Gasteiger partial charge in [0.2, 0.25) is 7.41 Å². The Bertz CT molecular complexity index is 75.3. The van der Waals surface area contributed by atoms with Crippen LogP contribution in [0, 0.1) is 5.92 Å². The summed E-state index contributed by atoms with van der Waals surface area (Å²) in [6, 6.07) is 0. The first-order valence-corrected chi connectivity index (χ1v) is 4.59. The van der Waals surface area contributed by atoms with Crippen LogP contribution in [0.15, 0.2) is 0 Å². The molecule has 0 aromatic heterocycles. The summed E-state index contributed by atoms with van der Waals surface area (Å²) in [7, 11) is 1.25. The van der Waals surface area contributed by atoms with E-state index in [0.29, 0.717) is 0 Å². The maximum Gasteiger partial charge on any atom is 0.201 e. The Morgan fingerprint density at radius 1 is 1.40 bits per heavy atom. The molecule has 0 bridgehead atoms. The second kappa shape index (κ2) is 4.02. The van der Waals surface area contributed by atoms with E-state index in [0.717, 1.165) is 5.92 Å². The van der Waals surface area contributed by atoms with Crippen molar-refractivity contribution in [2.24, 2.45) is 5.92 Å². The van der Waals surface area contributed by atoms with Crippen LogP contribution >= 0.6 is 0 Å². The van der Waals surface area contributed by atoms with Crippen LogP contribution in [0.4, 0.5) is 0 Å². The Balaban J connectivity index is 2.17. The van der Waals surface area contributed by atoms with Crippen molar-refractivity contribution in [1.82, 2.24) is 4.81 Å². The van der Waals surface area contributed by atoms with Gasteiger partial charge in [0, 0.05) is 0 Å². The zero-order chi connectivity index (χ0) is 7.40. The first-order chi connectivity index (χ1) is 4.86. The fraction of sp³-hybridized carbons (Fsp3) is 1.00. The van der Waals surface area contributed by atoms with E-state index in [1.807, 2.05) is 0 Å². The lowest BCUT2D eigenvalue weighted by atomic mass is 9.87. The molecule has 58 valence electrons. The molecule has 2 heteroatoms. The molecule has 0 N–H and O–H groups in total. The second-order valence-electron chi connectivity index (χ2n) is 3.29. The summed E-state index contributed by atoms with van der Waals surface area (Å²) in [6.45, 7) is 7.25. The highest BCUT2D eigenvalue weighted by Crippen LogP contribution is 2.18. The van der Waals surface area contributed by atoms with Gasteiger partial charge in [0.25, 0.3) is 0 Å². The molecule has 1 aliphatic heterocycles. The lowest BCUT2D eigenvalue weighted by Crippen LogP contribution is -2.34. The van der Waals surface area contributed by atoms with Crippen molar-refractivity contribution in [3.63, 3.8) is 0 Å². The zero-order valence-corrected chi connectivity index (χ0v) is 7.27. The van der Waals surface area contributed by atoms with E-state index >= 15 is 0 Å². The van der Waals surface area contributed by atoms with Gasteiger partial charge in [-0.3, -0.25) is 0 Å². The number of hydrogen-bond acceptors (Lipinski definition) is 1. The van der Waals surface area contributed by atoms with Gasteiger partial charge in [0.15, 0.2) is 0 Å². The van der Waals surface area contributed by atoms with Crippen molar-refractivity contribution < 1.29 is 0 Å². The fourth-order valence-corrected chi connectivity index (χ4v) is 1.71. The highest BCUT2D eigenvalue weighted by atomic mass is 15.0. The zero-order valence-electron chi connectivity index (χ0n) is 7.27. The fourth-order valence-electron chi connectivity index (χ4n) is 1.71. The van der Waals surface area contributed by atoms with Crippen molar-refractivity contribution in [1.29, 1.82) is 0 Å². The predicted octanol–water partition coefficient (Wildman–Crippen LogP) is 1.51. The van der Waals surface area contributed by atoms with E-state index in [9.17, 15) is 0 Å². The number of hydrogen-bond donors (Lipinski definition) is 0. The average Bonchev–Trinajstić information content (AvgIpc) is 2.05. The van der Waals surface area contributed by atoms with Gasteiger partial charge < -0.3 is 4.81 Å². The molecule has 0 amide bonds. The van der Waals surface area contributed by atoms with E-state index < -0.39 is 0 Å². The smallest absolute Gasteiger partial charge is 0.201 e. The monoisotopic (exact) mass is 139 g/mol. The predicted molar refractivity (Wildman–Crippen MR) is 47.6 cm³/mol. The molecule has 0 aliphatic carbocycles. The molecular weight excluding hydrogens is 121 g/mol.